The van der Waals surface area contributed by atoms with E-state index in [1.807, 2.05) is 12.4 Å². The van der Waals surface area contributed by atoms with E-state index in [2.05, 4.69) is 55.2 Å². The molecule has 3 heteroatoms. The molecule has 1 N–H and O–H groups in total. The molecule has 1 aliphatic rings. The van der Waals surface area contributed by atoms with E-state index in [1.165, 1.54) is 18.4 Å². The van der Waals surface area contributed by atoms with Gasteiger partial charge in [-0.3, -0.25) is 4.98 Å². The van der Waals surface area contributed by atoms with E-state index in [9.17, 15) is 0 Å². The SMILES string of the molecule is CCNC1CC(C)CC(C)C1N(C)CCc1ccncc1. The molecule has 0 aromatic carbocycles. The van der Waals surface area contributed by atoms with Gasteiger partial charge in [0.15, 0.2) is 0 Å². The highest BCUT2D eigenvalue weighted by atomic mass is 15.2. The highest BCUT2D eigenvalue weighted by Gasteiger charge is 2.35. The lowest BCUT2D eigenvalue weighted by Gasteiger charge is -2.45. The van der Waals surface area contributed by atoms with Gasteiger partial charge < -0.3 is 10.2 Å². The Morgan fingerprint density at radius 2 is 1.95 bits per heavy atom. The lowest BCUT2D eigenvalue weighted by molar-refractivity contribution is 0.0819. The Morgan fingerprint density at radius 3 is 2.62 bits per heavy atom. The maximum atomic E-state index is 4.10. The van der Waals surface area contributed by atoms with Crippen LogP contribution in [0.3, 0.4) is 0 Å². The first kappa shape index (κ1) is 16.4. The van der Waals surface area contributed by atoms with E-state index in [4.69, 9.17) is 0 Å². The van der Waals surface area contributed by atoms with Crippen molar-refractivity contribution in [3.63, 3.8) is 0 Å². The molecule has 3 nitrogen and oxygen atoms in total. The normalized spacial score (nSPS) is 29.8. The first-order valence-electron chi connectivity index (χ1n) is 8.44. The molecular weight excluding hydrogens is 258 g/mol. The molecule has 118 valence electrons. The molecule has 1 aromatic rings. The van der Waals surface area contributed by atoms with Crippen molar-refractivity contribution >= 4 is 0 Å². The average molecular weight is 289 g/mol. The third-order valence-electron chi connectivity index (χ3n) is 4.90. The number of aromatic nitrogens is 1. The van der Waals surface area contributed by atoms with Gasteiger partial charge in [-0.05, 0) is 62.4 Å². The quantitative estimate of drug-likeness (QED) is 0.872. The number of likely N-dealkylation sites (N-methyl/N-ethyl adjacent to an activating group) is 2. The monoisotopic (exact) mass is 289 g/mol. The minimum Gasteiger partial charge on any atom is -0.313 e. The van der Waals surface area contributed by atoms with Crippen molar-refractivity contribution in [3.05, 3.63) is 30.1 Å². The molecule has 1 heterocycles. The molecule has 0 bridgehead atoms. The lowest BCUT2D eigenvalue weighted by atomic mass is 9.76. The maximum absolute atomic E-state index is 4.10. The van der Waals surface area contributed by atoms with Gasteiger partial charge >= 0.3 is 0 Å². The zero-order chi connectivity index (χ0) is 15.2. The summed E-state index contributed by atoms with van der Waals surface area (Å²) in [6, 6.07) is 5.54. The van der Waals surface area contributed by atoms with Gasteiger partial charge in [0.2, 0.25) is 0 Å². The van der Waals surface area contributed by atoms with Crippen LogP contribution in [-0.2, 0) is 6.42 Å². The molecule has 0 aliphatic heterocycles. The van der Waals surface area contributed by atoms with Crippen molar-refractivity contribution in [3.8, 4) is 0 Å². The summed E-state index contributed by atoms with van der Waals surface area (Å²) in [4.78, 5) is 6.67. The van der Waals surface area contributed by atoms with E-state index in [0.29, 0.717) is 12.1 Å². The molecule has 0 radical (unpaired) electrons. The van der Waals surface area contributed by atoms with Gasteiger partial charge in [-0.15, -0.1) is 0 Å². The van der Waals surface area contributed by atoms with Crippen molar-refractivity contribution in [2.75, 3.05) is 20.1 Å². The summed E-state index contributed by atoms with van der Waals surface area (Å²) in [6.07, 6.45) is 7.55. The Hall–Kier alpha value is -0.930. The minimum absolute atomic E-state index is 0.635. The van der Waals surface area contributed by atoms with Crippen LogP contribution in [0, 0.1) is 11.8 Å². The Morgan fingerprint density at radius 1 is 1.24 bits per heavy atom. The van der Waals surface area contributed by atoms with Crippen LogP contribution in [0.4, 0.5) is 0 Å². The summed E-state index contributed by atoms with van der Waals surface area (Å²) in [6.45, 7) is 9.23. The molecule has 1 aromatic heterocycles. The number of hydrogen-bond acceptors (Lipinski definition) is 3. The Balaban J connectivity index is 1.96. The summed E-state index contributed by atoms with van der Waals surface area (Å²) in [5, 5.41) is 3.72. The van der Waals surface area contributed by atoms with E-state index in [-0.39, 0.29) is 0 Å². The predicted octanol–water partition coefficient (Wildman–Crippen LogP) is 2.97. The van der Waals surface area contributed by atoms with Crippen LogP contribution in [0.5, 0.6) is 0 Å². The van der Waals surface area contributed by atoms with Crippen molar-refractivity contribution in [2.45, 2.75) is 52.1 Å². The van der Waals surface area contributed by atoms with Crippen LogP contribution in [0.25, 0.3) is 0 Å². The van der Waals surface area contributed by atoms with Crippen molar-refractivity contribution in [1.82, 2.24) is 15.2 Å². The number of nitrogens with one attached hydrogen (secondary N) is 1. The predicted molar refractivity (Wildman–Crippen MR) is 89.4 cm³/mol. The Kier molecular flexibility index (Phi) is 6.19. The van der Waals surface area contributed by atoms with Crippen LogP contribution in [0.1, 0.15) is 39.2 Å². The van der Waals surface area contributed by atoms with E-state index in [0.717, 1.165) is 31.3 Å². The smallest absolute Gasteiger partial charge is 0.0272 e. The van der Waals surface area contributed by atoms with Crippen LogP contribution in [0.2, 0.25) is 0 Å². The largest absolute Gasteiger partial charge is 0.313 e. The summed E-state index contributed by atoms with van der Waals surface area (Å²) in [5.74, 6) is 1.61. The summed E-state index contributed by atoms with van der Waals surface area (Å²) in [5.41, 5.74) is 1.38. The van der Waals surface area contributed by atoms with Crippen molar-refractivity contribution < 1.29 is 0 Å². The van der Waals surface area contributed by atoms with Crippen molar-refractivity contribution in [1.29, 1.82) is 0 Å². The van der Waals surface area contributed by atoms with Gasteiger partial charge in [-0.2, -0.15) is 0 Å². The summed E-state index contributed by atoms with van der Waals surface area (Å²) < 4.78 is 0. The molecule has 1 fully saturated rings. The van der Waals surface area contributed by atoms with Gasteiger partial charge in [-0.25, -0.2) is 0 Å². The topological polar surface area (TPSA) is 28.2 Å². The number of pyridine rings is 1. The number of nitrogens with zero attached hydrogens (tertiary/aromatic N) is 2. The molecule has 1 aliphatic carbocycles. The fourth-order valence-corrected chi connectivity index (χ4v) is 4.05. The van der Waals surface area contributed by atoms with Crippen molar-refractivity contribution in [2.24, 2.45) is 11.8 Å². The highest BCUT2D eigenvalue weighted by molar-refractivity contribution is 5.10. The third-order valence-corrected chi connectivity index (χ3v) is 4.90. The zero-order valence-corrected chi connectivity index (χ0v) is 14.0. The van der Waals surface area contributed by atoms with Gasteiger partial charge in [0.1, 0.15) is 0 Å². The molecular formula is C18H31N3. The van der Waals surface area contributed by atoms with Crippen LogP contribution in [0.15, 0.2) is 24.5 Å². The molecule has 4 unspecified atom stereocenters. The highest BCUT2D eigenvalue weighted by Crippen LogP contribution is 2.32. The first-order chi connectivity index (χ1) is 10.1. The summed E-state index contributed by atoms with van der Waals surface area (Å²) in [7, 11) is 2.29. The molecule has 0 spiro atoms. The lowest BCUT2D eigenvalue weighted by Crippen LogP contribution is -2.55. The fourth-order valence-electron chi connectivity index (χ4n) is 4.05. The molecule has 1 saturated carbocycles. The Labute approximate surface area is 130 Å². The zero-order valence-electron chi connectivity index (χ0n) is 14.0. The van der Waals surface area contributed by atoms with Gasteiger partial charge in [-0.1, -0.05) is 20.8 Å². The summed E-state index contributed by atoms with van der Waals surface area (Å²) >= 11 is 0. The van der Waals surface area contributed by atoms with E-state index < -0.39 is 0 Å². The molecule has 4 atom stereocenters. The maximum Gasteiger partial charge on any atom is 0.0272 e. The minimum atomic E-state index is 0.635. The van der Waals surface area contributed by atoms with E-state index >= 15 is 0 Å². The number of hydrogen-bond donors (Lipinski definition) is 1. The average Bonchev–Trinajstić information content (AvgIpc) is 2.46. The first-order valence-corrected chi connectivity index (χ1v) is 8.44. The standard InChI is InChI=1S/C18H31N3/c1-5-20-17-13-14(2)12-15(3)18(17)21(4)11-8-16-6-9-19-10-7-16/h6-7,9-10,14-15,17-18,20H,5,8,11-13H2,1-4H3. The van der Waals surface area contributed by atoms with Gasteiger partial charge in [0.25, 0.3) is 0 Å². The van der Waals surface area contributed by atoms with E-state index in [1.54, 1.807) is 0 Å². The number of rotatable bonds is 6. The van der Waals surface area contributed by atoms with Crippen LogP contribution < -0.4 is 5.32 Å². The van der Waals surface area contributed by atoms with Gasteiger partial charge in [0.05, 0.1) is 0 Å². The van der Waals surface area contributed by atoms with Crippen LogP contribution >= 0.6 is 0 Å². The second-order valence-electron chi connectivity index (χ2n) is 6.79. The second-order valence-corrected chi connectivity index (χ2v) is 6.79. The fraction of sp³-hybridized carbons (Fsp3) is 0.722. The Bertz CT molecular complexity index is 406. The molecule has 2 rings (SSSR count). The van der Waals surface area contributed by atoms with Crippen LogP contribution in [-0.4, -0.2) is 42.1 Å². The third kappa shape index (κ3) is 4.52. The van der Waals surface area contributed by atoms with Gasteiger partial charge in [0, 0.05) is 31.0 Å². The molecule has 0 amide bonds. The molecule has 0 saturated heterocycles. The molecule has 21 heavy (non-hydrogen) atoms. The second kappa shape index (κ2) is 7.90.